The highest BCUT2D eigenvalue weighted by molar-refractivity contribution is 5.85. The molecule has 122 valence electrons. The predicted octanol–water partition coefficient (Wildman–Crippen LogP) is 2.34. The van der Waals surface area contributed by atoms with Crippen LogP contribution in [0.3, 0.4) is 0 Å². The fraction of sp³-hybridized carbons (Fsp3) is 0.938. The van der Waals surface area contributed by atoms with E-state index in [1.807, 2.05) is 0 Å². The van der Waals surface area contributed by atoms with Crippen molar-refractivity contribution in [1.29, 1.82) is 0 Å². The fourth-order valence-corrected chi connectivity index (χ4v) is 4.32. The first-order valence-corrected chi connectivity index (χ1v) is 8.18. The van der Waals surface area contributed by atoms with Crippen molar-refractivity contribution in [3.05, 3.63) is 0 Å². The first-order valence-electron chi connectivity index (χ1n) is 8.18. The number of carbonyl (C=O) groups is 1. The SMILES string of the molecule is CC1(N)CCCCC1C(=O)N1CCC2(CCOCC2)C1.Cl. The van der Waals surface area contributed by atoms with Gasteiger partial charge in [0.15, 0.2) is 0 Å². The van der Waals surface area contributed by atoms with E-state index in [9.17, 15) is 4.79 Å². The van der Waals surface area contributed by atoms with E-state index in [4.69, 9.17) is 10.5 Å². The van der Waals surface area contributed by atoms with E-state index in [-0.39, 0.29) is 23.9 Å². The van der Waals surface area contributed by atoms with Crippen LogP contribution in [0.5, 0.6) is 0 Å². The summed E-state index contributed by atoms with van der Waals surface area (Å²) in [6, 6.07) is 0. The van der Waals surface area contributed by atoms with Gasteiger partial charge in [-0.25, -0.2) is 0 Å². The first-order chi connectivity index (χ1) is 9.53. The van der Waals surface area contributed by atoms with Crippen molar-refractivity contribution in [2.75, 3.05) is 26.3 Å². The maximum Gasteiger partial charge on any atom is 0.227 e. The molecule has 2 unspecified atom stereocenters. The average Bonchev–Trinajstić information content (AvgIpc) is 2.82. The monoisotopic (exact) mass is 316 g/mol. The van der Waals surface area contributed by atoms with E-state index in [2.05, 4.69) is 11.8 Å². The summed E-state index contributed by atoms with van der Waals surface area (Å²) in [5.74, 6) is 0.351. The summed E-state index contributed by atoms with van der Waals surface area (Å²) in [6.45, 7) is 5.64. The summed E-state index contributed by atoms with van der Waals surface area (Å²) in [5, 5.41) is 0. The van der Waals surface area contributed by atoms with Gasteiger partial charge in [-0.1, -0.05) is 12.8 Å². The van der Waals surface area contributed by atoms with Crippen molar-refractivity contribution >= 4 is 18.3 Å². The van der Waals surface area contributed by atoms with Gasteiger partial charge in [0.25, 0.3) is 0 Å². The van der Waals surface area contributed by atoms with E-state index in [0.717, 1.165) is 71.2 Å². The van der Waals surface area contributed by atoms with Crippen LogP contribution < -0.4 is 5.73 Å². The minimum atomic E-state index is -0.305. The summed E-state index contributed by atoms with van der Waals surface area (Å²) < 4.78 is 5.48. The van der Waals surface area contributed by atoms with E-state index in [0.29, 0.717) is 11.3 Å². The number of nitrogens with two attached hydrogens (primary N) is 1. The first kappa shape index (κ1) is 17.0. The Hall–Kier alpha value is -0.320. The van der Waals surface area contributed by atoms with E-state index >= 15 is 0 Å². The molecule has 2 N–H and O–H groups in total. The minimum absolute atomic E-state index is 0. The molecule has 1 saturated carbocycles. The van der Waals surface area contributed by atoms with Crippen molar-refractivity contribution in [3.8, 4) is 0 Å². The number of likely N-dealkylation sites (tertiary alicyclic amines) is 1. The van der Waals surface area contributed by atoms with E-state index < -0.39 is 0 Å². The summed E-state index contributed by atoms with van der Waals surface area (Å²) >= 11 is 0. The van der Waals surface area contributed by atoms with Gasteiger partial charge in [0.1, 0.15) is 0 Å². The summed E-state index contributed by atoms with van der Waals surface area (Å²) in [7, 11) is 0. The molecule has 4 nitrogen and oxygen atoms in total. The van der Waals surface area contributed by atoms with Gasteiger partial charge in [-0.3, -0.25) is 4.79 Å². The zero-order valence-electron chi connectivity index (χ0n) is 13.1. The molecule has 3 fully saturated rings. The average molecular weight is 317 g/mol. The number of hydrogen-bond acceptors (Lipinski definition) is 3. The topological polar surface area (TPSA) is 55.6 Å². The van der Waals surface area contributed by atoms with E-state index in [1.165, 1.54) is 0 Å². The van der Waals surface area contributed by atoms with Crippen LogP contribution in [0.25, 0.3) is 0 Å². The Morgan fingerprint density at radius 2 is 1.90 bits per heavy atom. The summed E-state index contributed by atoms with van der Waals surface area (Å²) in [4.78, 5) is 15.0. The van der Waals surface area contributed by atoms with Crippen LogP contribution in [0, 0.1) is 11.3 Å². The number of nitrogens with zero attached hydrogens (tertiary/aromatic N) is 1. The van der Waals surface area contributed by atoms with Gasteiger partial charge < -0.3 is 15.4 Å². The zero-order chi connectivity index (χ0) is 14.2. The molecule has 2 saturated heterocycles. The normalized spacial score (nSPS) is 35.5. The second-order valence-electron chi connectivity index (χ2n) is 7.43. The summed E-state index contributed by atoms with van der Waals surface area (Å²) in [5.41, 5.74) is 6.43. The predicted molar refractivity (Wildman–Crippen MR) is 85.5 cm³/mol. The smallest absolute Gasteiger partial charge is 0.227 e. The van der Waals surface area contributed by atoms with Crippen molar-refractivity contribution in [3.63, 3.8) is 0 Å². The number of halogens is 1. The van der Waals surface area contributed by atoms with Crippen molar-refractivity contribution < 1.29 is 9.53 Å². The molecule has 3 rings (SSSR count). The molecule has 2 aliphatic heterocycles. The molecule has 2 atom stereocenters. The second kappa shape index (κ2) is 6.43. The van der Waals surface area contributed by atoms with E-state index in [1.54, 1.807) is 0 Å². The molecule has 0 aromatic rings. The van der Waals surface area contributed by atoms with Crippen LogP contribution in [0.2, 0.25) is 0 Å². The molecule has 0 bridgehead atoms. The van der Waals surface area contributed by atoms with Crippen molar-refractivity contribution in [1.82, 2.24) is 4.90 Å². The lowest BCUT2D eigenvalue weighted by atomic mass is 9.74. The van der Waals surface area contributed by atoms with Gasteiger partial charge in [0, 0.05) is 31.8 Å². The number of amides is 1. The number of hydrogen-bond donors (Lipinski definition) is 1. The number of rotatable bonds is 1. The Kier molecular flexibility index (Phi) is 5.22. The highest BCUT2D eigenvalue weighted by Gasteiger charge is 2.45. The lowest BCUT2D eigenvalue weighted by molar-refractivity contribution is -0.138. The van der Waals surface area contributed by atoms with Gasteiger partial charge in [0.05, 0.1) is 5.92 Å². The van der Waals surface area contributed by atoms with Crippen LogP contribution in [-0.4, -0.2) is 42.6 Å². The highest BCUT2D eigenvalue weighted by Crippen LogP contribution is 2.41. The van der Waals surface area contributed by atoms with Gasteiger partial charge >= 0.3 is 0 Å². The third kappa shape index (κ3) is 3.38. The quantitative estimate of drug-likeness (QED) is 0.808. The lowest BCUT2D eigenvalue weighted by Gasteiger charge is -2.40. The Labute approximate surface area is 134 Å². The molecule has 0 radical (unpaired) electrons. The standard InChI is InChI=1S/C16H28N2O2.ClH/c1-15(17)5-3-2-4-13(15)14(19)18-9-6-16(12-18)7-10-20-11-8-16;/h13H,2-12,17H2,1H3;1H. The molecular formula is C16H29ClN2O2. The van der Waals surface area contributed by atoms with Crippen LogP contribution in [-0.2, 0) is 9.53 Å². The van der Waals surface area contributed by atoms with Crippen LogP contribution >= 0.6 is 12.4 Å². The highest BCUT2D eigenvalue weighted by atomic mass is 35.5. The third-order valence-corrected chi connectivity index (χ3v) is 5.86. The van der Waals surface area contributed by atoms with Crippen LogP contribution in [0.4, 0.5) is 0 Å². The van der Waals surface area contributed by atoms with Gasteiger partial charge in [-0.05, 0) is 44.4 Å². The van der Waals surface area contributed by atoms with Crippen molar-refractivity contribution in [2.45, 2.75) is 57.4 Å². The molecule has 3 aliphatic rings. The molecule has 0 aromatic heterocycles. The van der Waals surface area contributed by atoms with Crippen LogP contribution in [0.1, 0.15) is 51.9 Å². The number of carbonyl (C=O) groups excluding carboxylic acids is 1. The molecule has 0 aromatic carbocycles. The molecule has 21 heavy (non-hydrogen) atoms. The lowest BCUT2D eigenvalue weighted by Crippen LogP contribution is -2.53. The second-order valence-corrected chi connectivity index (χ2v) is 7.43. The Morgan fingerprint density at radius 1 is 1.19 bits per heavy atom. The largest absolute Gasteiger partial charge is 0.381 e. The maximum absolute atomic E-state index is 12.9. The molecular weight excluding hydrogens is 288 g/mol. The third-order valence-electron chi connectivity index (χ3n) is 5.86. The Balaban J connectivity index is 0.00000161. The van der Waals surface area contributed by atoms with Crippen molar-refractivity contribution in [2.24, 2.45) is 17.1 Å². The molecule has 1 spiro atoms. The molecule has 2 heterocycles. The molecule has 1 aliphatic carbocycles. The minimum Gasteiger partial charge on any atom is -0.381 e. The maximum atomic E-state index is 12.9. The fourth-order valence-electron chi connectivity index (χ4n) is 4.32. The molecule has 5 heteroatoms. The van der Waals surface area contributed by atoms with Gasteiger partial charge in [-0.15, -0.1) is 12.4 Å². The number of ether oxygens (including phenoxy) is 1. The van der Waals surface area contributed by atoms with Crippen LogP contribution in [0.15, 0.2) is 0 Å². The zero-order valence-corrected chi connectivity index (χ0v) is 13.9. The molecule has 1 amide bonds. The Bertz CT molecular complexity index is 380. The Morgan fingerprint density at radius 3 is 2.57 bits per heavy atom. The van der Waals surface area contributed by atoms with Gasteiger partial charge in [-0.2, -0.15) is 0 Å². The van der Waals surface area contributed by atoms with Gasteiger partial charge in [0.2, 0.25) is 5.91 Å². The summed E-state index contributed by atoms with van der Waals surface area (Å²) in [6.07, 6.45) is 7.64.